The monoisotopic (exact) mass is 349 g/mol. The fourth-order valence-corrected chi connectivity index (χ4v) is 4.76. The molecule has 0 fully saturated rings. The number of fused-ring (bicyclic) bond motifs is 1. The lowest BCUT2D eigenvalue weighted by molar-refractivity contribution is 0.566. The molecule has 0 aliphatic heterocycles. The van der Waals surface area contributed by atoms with E-state index in [4.69, 9.17) is 11.6 Å². The van der Waals surface area contributed by atoms with Crippen molar-refractivity contribution in [3.05, 3.63) is 69.7 Å². The molecule has 1 N–H and O–H groups in total. The molecule has 0 bridgehead atoms. The first kappa shape index (κ1) is 16.5. The molecule has 0 spiro atoms. The molecule has 23 heavy (non-hydrogen) atoms. The minimum atomic E-state index is -3.45. The van der Waals surface area contributed by atoms with Crippen LogP contribution in [0.2, 0.25) is 5.02 Å². The van der Waals surface area contributed by atoms with Gasteiger partial charge in [-0.1, -0.05) is 48.0 Å². The first-order valence-corrected chi connectivity index (χ1v) is 9.83. The fraction of sp³-hybridized carbons (Fsp3) is 0.333. The zero-order valence-corrected chi connectivity index (χ0v) is 14.6. The molecule has 0 saturated carbocycles. The van der Waals surface area contributed by atoms with Crippen LogP contribution in [0.15, 0.2) is 42.5 Å². The number of halogens is 1. The van der Waals surface area contributed by atoms with E-state index in [0.717, 1.165) is 18.4 Å². The van der Waals surface area contributed by atoms with Gasteiger partial charge in [-0.15, -0.1) is 0 Å². The van der Waals surface area contributed by atoms with Gasteiger partial charge in [0.15, 0.2) is 0 Å². The summed E-state index contributed by atoms with van der Waals surface area (Å²) in [5.74, 6) is -0.109. The van der Waals surface area contributed by atoms with Gasteiger partial charge < -0.3 is 0 Å². The third-order valence-corrected chi connectivity index (χ3v) is 6.05. The van der Waals surface area contributed by atoms with E-state index in [0.29, 0.717) is 10.6 Å². The summed E-state index contributed by atoms with van der Waals surface area (Å²) in [4.78, 5) is 0. The molecule has 0 amide bonds. The molecule has 3 rings (SSSR count). The summed E-state index contributed by atoms with van der Waals surface area (Å²) in [6.45, 7) is 1.88. The van der Waals surface area contributed by atoms with Gasteiger partial charge in [0.25, 0.3) is 0 Å². The van der Waals surface area contributed by atoms with Crippen molar-refractivity contribution < 1.29 is 8.42 Å². The maximum atomic E-state index is 12.4. The Morgan fingerprint density at radius 3 is 2.65 bits per heavy atom. The largest absolute Gasteiger partial charge is 0.216 e. The van der Waals surface area contributed by atoms with E-state index in [1.165, 1.54) is 17.5 Å². The summed E-state index contributed by atoms with van der Waals surface area (Å²) in [5.41, 5.74) is 4.36. The summed E-state index contributed by atoms with van der Waals surface area (Å²) < 4.78 is 27.6. The van der Waals surface area contributed by atoms with Crippen molar-refractivity contribution in [3.8, 4) is 0 Å². The van der Waals surface area contributed by atoms with Crippen molar-refractivity contribution in [1.29, 1.82) is 0 Å². The second-order valence-electron chi connectivity index (χ2n) is 6.07. The van der Waals surface area contributed by atoms with Crippen molar-refractivity contribution in [2.24, 2.45) is 0 Å². The Kier molecular flexibility index (Phi) is 4.76. The van der Waals surface area contributed by atoms with Crippen LogP contribution in [0.3, 0.4) is 0 Å². The van der Waals surface area contributed by atoms with Crippen LogP contribution in [0.4, 0.5) is 0 Å². The number of benzene rings is 2. The molecular formula is C18H20ClNO2S. The van der Waals surface area contributed by atoms with E-state index in [1.54, 1.807) is 24.3 Å². The van der Waals surface area contributed by atoms with E-state index in [1.807, 2.05) is 13.0 Å². The summed E-state index contributed by atoms with van der Waals surface area (Å²) in [5, 5.41) is 0.475. The SMILES string of the molecule is CC(NS(=O)(=O)Cc1ccccc1Cl)c1ccc2c(c1)CCC2. The van der Waals surface area contributed by atoms with Crippen LogP contribution in [-0.4, -0.2) is 8.42 Å². The molecule has 0 radical (unpaired) electrons. The summed E-state index contributed by atoms with van der Waals surface area (Å²) in [6, 6.07) is 13.0. The first-order chi connectivity index (χ1) is 10.9. The van der Waals surface area contributed by atoms with Gasteiger partial charge in [-0.2, -0.15) is 0 Å². The van der Waals surface area contributed by atoms with Gasteiger partial charge in [0, 0.05) is 11.1 Å². The van der Waals surface area contributed by atoms with Crippen molar-refractivity contribution in [3.63, 3.8) is 0 Å². The Morgan fingerprint density at radius 2 is 1.87 bits per heavy atom. The zero-order valence-electron chi connectivity index (χ0n) is 13.0. The van der Waals surface area contributed by atoms with Crippen molar-refractivity contribution >= 4 is 21.6 Å². The molecule has 5 heteroatoms. The number of hydrogen-bond acceptors (Lipinski definition) is 2. The lowest BCUT2D eigenvalue weighted by Crippen LogP contribution is -2.28. The van der Waals surface area contributed by atoms with Crippen LogP contribution in [0.1, 0.15) is 41.6 Å². The topological polar surface area (TPSA) is 46.2 Å². The number of aryl methyl sites for hydroxylation is 2. The van der Waals surface area contributed by atoms with Crippen LogP contribution in [0.5, 0.6) is 0 Å². The van der Waals surface area contributed by atoms with E-state index >= 15 is 0 Å². The molecule has 1 atom stereocenters. The maximum absolute atomic E-state index is 12.4. The van der Waals surface area contributed by atoms with Gasteiger partial charge in [0.1, 0.15) is 0 Å². The van der Waals surface area contributed by atoms with Crippen LogP contribution in [0.25, 0.3) is 0 Å². The number of nitrogens with one attached hydrogen (secondary N) is 1. The average Bonchev–Trinajstić information content (AvgIpc) is 2.96. The smallest absolute Gasteiger partial charge is 0.212 e. The molecular weight excluding hydrogens is 330 g/mol. The molecule has 3 nitrogen and oxygen atoms in total. The van der Waals surface area contributed by atoms with Gasteiger partial charge in [-0.25, -0.2) is 13.1 Å². The lowest BCUT2D eigenvalue weighted by atomic mass is 10.0. The third kappa shape index (κ3) is 3.94. The zero-order chi connectivity index (χ0) is 16.4. The van der Waals surface area contributed by atoms with Crippen molar-refractivity contribution in [1.82, 2.24) is 4.72 Å². The van der Waals surface area contributed by atoms with Gasteiger partial charge in [-0.05, 0) is 54.5 Å². The predicted octanol–water partition coefficient (Wildman–Crippen LogP) is 4.01. The summed E-state index contributed by atoms with van der Waals surface area (Å²) >= 11 is 6.06. The molecule has 122 valence electrons. The van der Waals surface area contributed by atoms with Gasteiger partial charge in [0.2, 0.25) is 10.0 Å². The van der Waals surface area contributed by atoms with Crippen LogP contribution < -0.4 is 4.72 Å². The highest BCUT2D eigenvalue weighted by Gasteiger charge is 2.19. The number of hydrogen-bond donors (Lipinski definition) is 1. The molecule has 0 aromatic heterocycles. The second kappa shape index (κ2) is 6.63. The van der Waals surface area contributed by atoms with Crippen molar-refractivity contribution in [2.75, 3.05) is 0 Å². The molecule has 2 aromatic carbocycles. The van der Waals surface area contributed by atoms with E-state index in [2.05, 4.69) is 16.9 Å². The Hall–Kier alpha value is -1.36. The fourth-order valence-electron chi connectivity index (χ4n) is 3.06. The molecule has 0 saturated heterocycles. The van der Waals surface area contributed by atoms with Crippen LogP contribution in [-0.2, 0) is 28.6 Å². The predicted molar refractivity (Wildman–Crippen MR) is 94.1 cm³/mol. The highest BCUT2D eigenvalue weighted by Crippen LogP contribution is 2.26. The van der Waals surface area contributed by atoms with Crippen molar-refractivity contribution in [2.45, 2.75) is 38.0 Å². The minimum Gasteiger partial charge on any atom is -0.212 e. The Bertz CT molecular complexity index is 818. The standard InChI is InChI=1S/C18H20ClNO2S/c1-13(15-10-9-14-6-4-7-16(14)11-15)20-23(21,22)12-17-5-2-3-8-18(17)19/h2-3,5,8-11,13,20H,4,6-7,12H2,1H3. The highest BCUT2D eigenvalue weighted by atomic mass is 35.5. The minimum absolute atomic E-state index is 0.109. The van der Waals surface area contributed by atoms with E-state index < -0.39 is 10.0 Å². The third-order valence-electron chi connectivity index (χ3n) is 4.28. The van der Waals surface area contributed by atoms with Crippen LogP contribution >= 0.6 is 11.6 Å². The number of sulfonamides is 1. The van der Waals surface area contributed by atoms with Crippen LogP contribution in [0, 0.1) is 0 Å². The normalized spacial score (nSPS) is 15.4. The number of rotatable bonds is 5. The molecule has 0 heterocycles. The summed E-state index contributed by atoms with van der Waals surface area (Å²) in [6.07, 6.45) is 3.40. The Morgan fingerprint density at radius 1 is 1.13 bits per heavy atom. The average molecular weight is 350 g/mol. The summed E-state index contributed by atoms with van der Waals surface area (Å²) in [7, 11) is -3.45. The quantitative estimate of drug-likeness (QED) is 0.886. The highest BCUT2D eigenvalue weighted by molar-refractivity contribution is 7.88. The second-order valence-corrected chi connectivity index (χ2v) is 8.23. The molecule has 1 aliphatic rings. The molecule has 2 aromatic rings. The Labute approximate surface area is 142 Å². The maximum Gasteiger partial charge on any atom is 0.216 e. The first-order valence-electron chi connectivity index (χ1n) is 7.80. The Balaban J connectivity index is 1.74. The molecule has 1 aliphatic carbocycles. The van der Waals surface area contributed by atoms with Gasteiger partial charge in [-0.3, -0.25) is 0 Å². The van der Waals surface area contributed by atoms with Gasteiger partial charge >= 0.3 is 0 Å². The lowest BCUT2D eigenvalue weighted by Gasteiger charge is -2.16. The van der Waals surface area contributed by atoms with E-state index in [-0.39, 0.29) is 11.8 Å². The molecule has 1 unspecified atom stereocenters. The van der Waals surface area contributed by atoms with E-state index in [9.17, 15) is 8.42 Å². The van der Waals surface area contributed by atoms with Gasteiger partial charge in [0.05, 0.1) is 5.75 Å².